The van der Waals surface area contributed by atoms with E-state index in [1.807, 2.05) is 54.6 Å². The van der Waals surface area contributed by atoms with Gasteiger partial charge in [-0.05, 0) is 61.8 Å². The topological polar surface area (TPSA) is 55.8 Å². The maximum atomic E-state index is 13.5. The maximum absolute atomic E-state index is 13.5. The van der Waals surface area contributed by atoms with Crippen LogP contribution in [-0.2, 0) is 14.3 Å². The van der Waals surface area contributed by atoms with Crippen molar-refractivity contribution >= 4 is 23.6 Å². The average molecular weight is 442 g/mol. The second-order valence-electron chi connectivity index (χ2n) is 8.62. The minimum Gasteiger partial charge on any atom is -0.446 e. The number of rotatable bonds is 5. The Morgan fingerprint density at radius 2 is 1.71 bits per heavy atom. The fourth-order valence-electron chi connectivity index (χ4n) is 4.96. The number of imide groups is 1. The van der Waals surface area contributed by atoms with Crippen molar-refractivity contribution in [3.05, 3.63) is 70.7 Å². The Hall–Kier alpha value is -2.37. The van der Waals surface area contributed by atoms with Gasteiger partial charge in [0.15, 0.2) is 0 Å². The predicted molar refractivity (Wildman–Crippen MR) is 119 cm³/mol. The number of hydrogen-bond donors (Lipinski definition) is 0. The molecule has 5 nitrogen and oxygen atoms in total. The number of ether oxygens (including phenoxy) is 2. The van der Waals surface area contributed by atoms with Crippen LogP contribution in [0.3, 0.4) is 0 Å². The highest BCUT2D eigenvalue weighted by Crippen LogP contribution is 2.40. The van der Waals surface area contributed by atoms with Crippen molar-refractivity contribution < 1.29 is 19.1 Å². The van der Waals surface area contributed by atoms with Crippen molar-refractivity contribution in [2.75, 3.05) is 6.61 Å². The monoisotopic (exact) mass is 441 g/mol. The molecule has 2 heterocycles. The third-order valence-corrected chi connectivity index (χ3v) is 6.57. The van der Waals surface area contributed by atoms with E-state index in [1.54, 1.807) is 0 Å². The van der Waals surface area contributed by atoms with E-state index in [0.29, 0.717) is 5.02 Å². The molecule has 164 valence electrons. The van der Waals surface area contributed by atoms with E-state index in [9.17, 15) is 9.59 Å². The van der Waals surface area contributed by atoms with Crippen molar-refractivity contribution in [3.8, 4) is 0 Å². The predicted octanol–water partition coefficient (Wildman–Crippen LogP) is 5.74. The first kappa shape index (κ1) is 21.8. The molecule has 0 N–H and O–H groups in total. The molecule has 2 aliphatic rings. The Kier molecular flexibility index (Phi) is 6.63. The molecule has 0 radical (unpaired) electrons. The van der Waals surface area contributed by atoms with Crippen LogP contribution in [0.5, 0.6) is 0 Å². The number of halogens is 1. The van der Waals surface area contributed by atoms with Crippen molar-refractivity contribution in [1.29, 1.82) is 0 Å². The van der Waals surface area contributed by atoms with Gasteiger partial charge in [-0.25, -0.2) is 9.69 Å². The summed E-state index contributed by atoms with van der Waals surface area (Å²) < 4.78 is 11.2. The highest BCUT2D eigenvalue weighted by atomic mass is 35.5. The van der Waals surface area contributed by atoms with Crippen molar-refractivity contribution in [3.63, 3.8) is 0 Å². The van der Waals surface area contributed by atoms with Crippen LogP contribution in [0.15, 0.2) is 54.6 Å². The van der Waals surface area contributed by atoms with E-state index < -0.39 is 6.09 Å². The summed E-state index contributed by atoms with van der Waals surface area (Å²) >= 11 is 6.11. The Bertz CT molecular complexity index is 907. The van der Waals surface area contributed by atoms with Crippen LogP contribution in [0.25, 0.3) is 0 Å². The smallest absolute Gasteiger partial charge is 0.417 e. The normalized spacial score (nSPS) is 27.1. The fraction of sp³-hybridized carbons (Fsp3) is 0.440. The van der Waals surface area contributed by atoms with Gasteiger partial charge in [0.1, 0.15) is 12.6 Å². The second-order valence-corrected chi connectivity index (χ2v) is 9.05. The Balaban J connectivity index is 1.60. The van der Waals surface area contributed by atoms with E-state index >= 15 is 0 Å². The Morgan fingerprint density at radius 3 is 2.35 bits per heavy atom. The number of carbonyl (C=O) groups is 2. The molecule has 2 aliphatic heterocycles. The summed E-state index contributed by atoms with van der Waals surface area (Å²) in [6.45, 7) is 4.34. The molecule has 31 heavy (non-hydrogen) atoms. The Morgan fingerprint density at radius 1 is 1.06 bits per heavy atom. The summed E-state index contributed by atoms with van der Waals surface area (Å²) in [5.41, 5.74) is 1.96. The highest BCUT2D eigenvalue weighted by molar-refractivity contribution is 6.30. The molecule has 0 aromatic heterocycles. The second kappa shape index (κ2) is 9.41. The van der Waals surface area contributed by atoms with Gasteiger partial charge in [0.25, 0.3) is 0 Å². The van der Waals surface area contributed by atoms with Gasteiger partial charge in [-0.15, -0.1) is 0 Å². The zero-order valence-electron chi connectivity index (χ0n) is 17.9. The standard InChI is InChI=1S/C25H28ClNO4/c1-16-12-20(13-17(2)31-16)22(18-8-10-21(26)11-9-18)14-24(28)27-23(15-30-25(27)29)19-6-4-3-5-7-19/h3-11,16-17,20,22-23H,12-15H2,1-2H3/t16?,17?,20?,22-,23-/m0/s1. The molecule has 4 atom stereocenters. The van der Waals surface area contributed by atoms with Gasteiger partial charge >= 0.3 is 6.09 Å². The van der Waals surface area contributed by atoms with E-state index in [-0.39, 0.29) is 49.0 Å². The van der Waals surface area contributed by atoms with Crippen LogP contribution in [0.4, 0.5) is 4.79 Å². The third kappa shape index (κ3) is 4.94. The molecular formula is C25H28ClNO4. The molecule has 2 aromatic rings. The summed E-state index contributed by atoms with van der Waals surface area (Å²) in [5.74, 6) is 0.0455. The first-order valence-electron chi connectivity index (χ1n) is 10.9. The number of benzene rings is 2. The lowest BCUT2D eigenvalue weighted by Crippen LogP contribution is -2.38. The molecular weight excluding hydrogens is 414 g/mol. The molecule has 6 heteroatoms. The van der Waals surface area contributed by atoms with Crippen molar-refractivity contribution in [2.24, 2.45) is 5.92 Å². The number of hydrogen-bond acceptors (Lipinski definition) is 4. The van der Waals surface area contributed by atoms with E-state index in [1.165, 1.54) is 4.90 Å². The van der Waals surface area contributed by atoms with Crippen LogP contribution >= 0.6 is 11.6 Å². The van der Waals surface area contributed by atoms with E-state index in [0.717, 1.165) is 24.0 Å². The summed E-state index contributed by atoms with van der Waals surface area (Å²) in [6, 6.07) is 16.9. The first-order chi connectivity index (χ1) is 14.9. The fourth-order valence-corrected chi connectivity index (χ4v) is 5.08. The molecule has 2 saturated heterocycles. The van der Waals surface area contributed by atoms with E-state index in [2.05, 4.69) is 13.8 Å². The molecule has 0 saturated carbocycles. The maximum Gasteiger partial charge on any atom is 0.417 e. The number of amides is 2. The zero-order valence-corrected chi connectivity index (χ0v) is 18.6. The third-order valence-electron chi connectivity index (χ3n) is 6.32. The lowest BCUT2D eigenvalue weighted by molar-refractivity contribution is -0.130. The summed E-state index contributed by atoms with van der Waals surface area (Å²) in [5, 5.41) is 0.662. The summed E-state index contributed by atoms with van der Waals surface area (Å²) in [7, 11) is 0. The first-order valence-corrected chi connectivity index (χ1v) is 11.2. The SMILES string of the molecule is CC1CC([C@@H](CC(=O)N2C(=O)OC[C@H]2c2ccccc2)c2ccc(Cl)cc2)CC(C)O1. The molecule has 0 spiro atoms. The molecule has 2 amide bonds. The van der Waals surface area contributed by atoms with Crippen molar-refractivity contribution in [1.82, 2.24) is 4.90 Å². The number of cyclic esters (lactones) is 1. The minimum atomic E-state index is -0.567. The quantitative estimate of drug-likeness (QED) is 0.593. The van der Waals surface area contributed by atoms with Crippen LogP contribution in [0.1, 0.15) is 56.2 Å². The average Bonchev–Trinajstić information content (AvgIpc) is 3.14. The minimum absolute atomic E-state index is 0.0246. The van der Waals surface area contributed by atoms with Gasteiger partial charge in [-0.1, -0.05) is 54.1 Å². The van der Waals surface area contributed by atoms with Crippen LogP contribution in [-0.4, -0.2) is 35.7 Å². The van der Waals surface area contributed by atoms with Gasteiger partial charge in [-0.2, -0.15) is 0 Å². The lowest BCUT2D eigenvalue weighted by Gasteiger charge is -2.37. The van der Waals surface area contributed by atoms with E-state index in [4.69, 9.17) is 21.1 Å². The Labute approximate surface area is 188 Å². The van der Waals surface area contributed by atoms with Crippen LogP contribution in [0, 0.1) is 5.92 Å². The number of nitrogens with zero attached hydrogens (tertiary/aromatic N) is 1. The van der Waals surface area contributed by atoms with Crippen LogP contribution in [0.2, 0.25) is 5.02 Å². The molecule has 0 aliphatic carbocycles. The van der Waals surface area contributed by atoms with Gasteiger partial charge in [0.05, 0.1) is 12.2 Å². The van der Waals surface area contributed by atoms with Crippen molar-refractivity contribution in [2.45, 2.75) is 57.3 Å². The highest BCUT2D eigenvalue weighted by Gasteiger charge is 2.41. The zero-order chi connectivity index (χ0) is 22.0. The summed E-state index contributed by atoms with van der Waals surface area (Å²) in [6.07, 6.45) is 1.68. The lowest BCUT2D eigenvalue weighted by atomic mass is 9.76. The van der Waals surface area contributed by atoms with Gasteiger partial charge in [-0.3, -0.25) is 4.79 Å². The largest absolute Gasteiger partial charge is 0.446 e. The summed E-state index contributed by atoms with van der Waals surface area (Å²) in [4.78, 5) is 27.2. The van der Waals surface area contributed by atoms with Gasteiger partial charge in [0, 0.05) is 11.4 Å². The van der Waals surface area contributed by atoms with Gasteiger partial charge < -0.3 is 9.47 Å². The molecule has 2 aromatic carbocycles. The molecule has 4 rings (SSSR count). The van der Waals surface area contributed by atoms with Gasteiger partial charge in [0.2, 0.25) is 5.91 Å². The molecule has 2 fully saturated rings. The number of carbonyl (C=O) groups excluding carboxylic acids is 2. The molecule has 0 bridgehead atoms. The molecule has 2 unspecified atom stereocenters. The van der Waals surface area contributed by atoms with Crippen LogP contribution < -0.4 is 0 Å².